The van der Waals surface area contributed by atoms with Crippen molar-refractivity contribution >= 4 is 41.2 Å². The number of aliphatic hydroxyl groups is 1. The Labute approximate surface area is 203 Å². The van der Waals surface area contributed by atoms with Gasteiger partial charge in [-0.1, -0.05) is 43.7 Å². The Morgan fingerprint density at radius 1 is 1.18 bits per heavy atom. The molecule has 1 spiro atoms. The minimum atomic E-state index is -1.43. The largest absolute Gasteiger partial charge is 0.381 e. The third-order valence-electron chi connectivity index (χ3n) is 5.94. The van der Waals surface area contributed by atoms with Crippen LogP contribution in [-0.2, 0) is 14.4 Å². The molecule has 10 heteroatoms. The van der Waals surface area contributed by atoms with Crippen LogP contribution in [-0.4, -0.2) is 69.7 Å². The van der Waals surface area contributed by atoms with Gasteiger partial charge in [0, 0.05) is 18.1 Å². The minimum Gasteiger partial charge on any atom is -0.381 e. The van der Waals surface area contributed by atoms with Crippen LogP contribution in [0.15, 0.2) is 30.3 Å². The molecule has 1 aromatic rings. The smallest absolute Gasteiger partial charge is 0.251 e. The first kappa shape index (κ1) is 25.9. The molecule has 5 N–H and O–H groups in total. The van der Waals surface area contributed by atoms with E-state index in [1.54, 1.807) is 0 Å². The monoisotopic (exact) mass is 494 g/mol. The number of carbonyl (C=O) groups excluding carboxylic acids is 3. The lowest BCUT2D eigenvalue weighted by Gasteiger charge is -2.25. The quantitative estimate of drug-likeness (QED) is 0.331. The van der Waals surface area contributed by atoms with Crippen molar-refractivity contribution in [2.24, 2.45) is 0 Å². The number of benzene rings is 1. The summed E-state index contributed by atoms with van der Waals surface area (Å²) < 4.78 is 0.0580. The maximum atomic E-state index is 12.8. The Hall–Kier alpha value is -1.75. The van der Waals surface area contributed by atoms with Crippen molar-refractivity contribution in [2.75, 3.05) is 24.6 Å². The van der Waals surface area contributed by atoms with Gasteiger partial charge in [-0.25, -0.2) is 0 Å². The van der Waals surface area contributed by atoms with Crippen molar-refractivity contribution in [3.63, 3.8) is 0 Å². The van der Waals surface area contributed by atoms with E-state index in [1.165, 1.54) is 0 Å². The Morgan fingerprint density at radius 2 is 1.88 bits per heavy atom. The second-order valence-corrected chi connectivity index (χ2v) is 11.7. The predicted molar refractivity (Wildman–Crippen MR) is 133 cm³/mol. The first-order chi connectivity index (χ1) is 15.8. The van der Waals surface area contributed by atoms with E-state index in [1.807, 2.05) is 67.7 Å². The zero-order valence-electron chi connectivity index (χ0n) is 19.1. The standard InChI is InChI=1S/C23H34N4O4S2/c1-3-7-17(27-21(30)18-12-23(14-25-18)32-10-11-33-23)20(29)22(31)24-13-19(28)26-15(2)16-8-5-4-6-9-16/h4-6,8-9,15,17-18,20,25,29H,3,7,10-14H2,1-2H3,(H,24,31)(H,26,28)(H,27,30)/t15-,17?,18?,20?/m1/s1. The molecule has 3 amide bonds. The Bertz CT molecular complexity index is 820. The number of thioether (sulfide) groups is 2. The van der Waals surface area contributed by atoms with Crippen molar-refractivity contribution in [1.29, 1.82) is 0 Å². The zero-order valence-corrected chi connectivity index (χ0v) is 20.8. The molecular weight excluding hydrogens is 460 g/mol. The number of hydrogen-bond acceptors (Lipinski definition) is 7. The van der Waals surface area contributed by atoms with Gasteiger partial charge in [-0.15, -0.1) is 23.5 Å². The SMILES string of the molecule is CCCC(NC(=O)C1CC2(CN1)SCCS2)C(O)C(=O)NCC(=O)N[C@H](C)c1ccccc1. The molecule has 0 saturated carbocycles. The first-order valence-electron chi connectivity index (χ1n) is 11.5. The van der Waals surface area contributed by atoms with E-state index >= 15 is 0 Å². The summed E-state index contributed by atoms with van der Waals surface area (Å²) in [6.07, 6.45) is 0.449. The molecule has 33 heavy (non-hydrogen) atoms. The molecule has 0 aromatic heterocycles. The highest BCUT2D eigenvalue weighted by molar-refractivity contribution is 8.21. The summed E-state index contributed by atoms with van der Waals surface area (Å²) in [6, 6.07) is 8.27. The van der Waals surface area contributed by atoms with Crippen molar-refractivity contribution in [3.05, 3.63) is 35.9 Å². The minimum absolute atomic E-state index is 0.0580. The van der Waals surface area contributed by atoms with E-state index in [0.29, 0.717) is 12.8 Å². The molecule has 0 bridgehead atoms. The summed E-state index contributed by atoms with van der Waals surface area (Å²) in [5.74, 6) is 0.967. The molecule has 3 unspecified atom stereocenters. The molecule has 2 aliphatic rings. The number of amides is 3. The lowest BCUT2D eigenvalue weighted by Crippen LogP contribution is -2.54. The van der Waals surface area contributed by atoms with Gasteiger partial charge >= 0.3 is 0 Å². The van der Waals surface area contributed by atoms with Crippen LogP contribution in [0.1, 0.15) is 44.7 Å². The summed E-state index contributed by atoms with van der Waals surface area (Å²) in [5.41, 5.74) is 0.958. The average molecular weight is 495 g/mol. The fourth-order valence-corrected chi connectivity index (χ4v) is 7.30. The fraction of sp³-hybridized carbons (Fsp3) is 0.609. The molecule has 8 nitrogen and oxygen atoms in total. The van der Waals surface area contributed by atoms with E-state index in [-0.39, 0.29) is 34.5 Å². The molecule has 1 aromatic carbocycles. The van der Waals surface area contributed by atoms with Gasteiger partial charge in [0.05, 0.1) is 28.7 Å². The molecule has 3 rings (SSSR count). The van der Waals surface area contributed by atoms with Crippen LogP contribution in [0, 0.1) is 0 Å². The predicted octanol–water partition coefficient (Wildman–Crippen LogP) is 1.16. The highest BCUT2D eigenvalue weighted by Gasteiger charge is 2.45. The van der Waals surface area contributed by atoms with Crippen LogP contribution in [0.5, 0.6) is 0 Å². The van der Waals surface area contributed by atoms with Crippen molar-refractivity contribution < 1.29 is 19.5 Å². The Kier molecular flexibility index (Phi) is 9.48. The van der Waals surface area contributed by atoms with Crippen LogP contribution >= 0.6 is 23.5 Å². The third-order valence-corrected chi connectivity index (χ3v) is 9.40. The van der Waals surface area contributed by atoms with E-state index in [0.717, 1.165) is 30.0 Å². The van der Waals surface area contributed by atoms with Gasteiger partial charge in [0.15, 0.2) is 6.10 Å². The lowest BCUT2D eigenvalue weighted by atomic mass is 10.0. The molecule has 0 radical (unpaired) electrons. The van der Waals surface area contributed by atoms with Crippen LogP contribution in [0.25, 0.3) is 0 Å². The van der Waals surface area contributed by atoms with Crippen molar-refractivity contribution in [1.82, 2.24) is 21.3 Å². The van der Waals surface area contributed by atoms with Gasteiger partial charge in [0.25, 0.3) is 5.91 Å². The number of carbonyl (C=O) groups is 3. The van der Waals surface area contributed by atoms with Gasteiger partial charge in [-0.05, 0) is 25.3 Å². The average Bonchev–Trinajstić information content (AvgIpc) is 3.46. The second-order valence-electron chi connectivity index (χ2n) is 8.51. The number of hydrogen-bond donors (Lipinski definition) is 5. The van der Waals surface area contributed by atoms with E-state index < -0.39 is 18.1 Å². The van der Waals surface area contributed by atoms with Crippen LogP contribution < -0.4 is 21.3 Å². The van der Waals surface area contributed by atoms with Gasteiger partial charge in [-0.2, -0.15) is 0 Å². The van der Waals surface area contributed by atoms with Crippen molar-refractivity contribution in [2.45, 2.75) is 61.4 Å². The topological polar surface area (TPSA) is 120 Å². The maximum Gasteiger partial charge on any atom is 0.251 e. The van der Waals surface area contributed by atoms with Crippen LogP contribution in [0.3, 0.4) is 0 Å². The van der Waals surface area contributed by atoms with Gasteiger partial charge in [0.2, 0.25) is 11.8 Å². The Morgan fingerprint density at radius 3 is 2.55 bits per heavy atom. The van der Waals surface area contributed by atoms with Gasteiger partial charge in [0.1, 0.15) is 0 Å². The molecule has 2 heterocycles. The Balaban J connectivity index is 1.47. The summed E-state index contributed by atoms with van der Waals surface area (Å²) in [5, 5.41) is 22.0. The molecule has 182 valence electrons. The highest BCUT2D eigenvalue weighted by Crippen LogP contribution is 2.49. The molecule has 0 aliphatic carbocycles. The fourth-order valence-electron chi connectivity index (χ4n) is 4.11. The second kappa shape index (κ2) is 12.1. The number of rotatable bonds is 10. The van der Waals surface area contributed by atoms with E-state index in [9.17, 15) is 19.5 Å². The highest BCUT2D eigenvalue weighted by atomic mass is 32.2. The lowest BCUT2D eigenvalue weighted by molar-refractivity contribution is -0.134. The summed E-state index contributed by atoms with van der Waals surface area (Å²) in [4.78, 5) is 37.6. The van der Waals surface area contributed by atoms with Gasteiger partial charge in [-0.3, -0.25) is 14.4 Å². The molecule has 2 saturated heterocycles. The molecule has 4 atom stereocenters. The summed E-state index contributed by atoms with van der Waals surface area (Å²) in [6.45, 7) is 4.32. The number of aliphatic hydroxyl groups excluding tert-OH is 1. The first-order valence-corrected chi connectivity index (χ1v) is 13.4. The molecular formula is C23H34N4O4S2. The molecule has 2 aliphatic heterocycles. The van der Waals surface area contributed by atoms with Gasteiger partial charge < -0.3 is 26.4 Å². The normalized spacial score (nSPS) is 21.8. The summed E-state index contributed by atoms with van der Waals surface area (Å²) in [7, 11) is 0. The van der Waals surface area contributed by atoms with Crippen LogP contribution in [0.4, 0.5) is 0 Å². The molecule has 2 fully saturated rings. The van der Waals surface area contributed by atoms with Crippen molar-refractivity contribution in [3.8, 4) is 0 Å². The maximum absolute atomic E-state index is 12.8. The zero-order chi connectivity index (χ0) is 23.8. The van der Waals surface area contributed by atoms with E-state index in [2.05, 4.69) is 21.3 Å². The van der Waals surface area contributed by atoms with Crippen LogP contribution in [0.2, 0.25) is 0 Å². The summed E-state index contributed by atoms with van der Waals surface area (Å²) >= 11 is 3.79. The third kappa shape index (κ3) is 7.11. The van der Waals surface area contributed by atoms with E-state index in [4.69, 9.17) is 0 Å². The number of nitrogens with one attached hydrogen (secondary N) is 4.